The molecule has 33 heavy (non-hydrogen) atoms. The fourth-order valence-electron chi connectivity index (χ4n) is 11.1. The molecule has 7 rings (SSSR count). The zero-order valence-electron chi connectivity index (χ0n) is 20.3. The van der Waals surface area contributed by atoms with Crippen molar-refractivity contribution in [2.24, 2.45) is 28.6 Å². The number of fused-ring (bicyclic) bond motifs is 1. The first-order chi connectivity index (χ1) is 15.8. The molecule has 3 spiro atoms. The second kappa shape index (κ2) is 6.20. The average Bonchev–Trinajstić information content (AvgIpc) is 3.35. The zero-order chi connectivity index (χ0) is 23.2. The van der Waals surface area contributed by atoms with Gasteiger partial charge in [0.1, 0.15) is 12.4 Å². The summed E-state index contributed by atoms with van der Waals surface area (Å²) in [4.78, 5) is 17.3. The third-order valence-electron chi connectivity index (χ3n) is 11.6. The van der Waals surface area contributed by atoms with Crippen LogP contribution in [0.15, 0.2) is 0 Å². The molecular weight excluding hydrogens is 426 g/mol. The summed E-state index contributed by atoms with van der Waals surface area (Å²) in [7, 11) is 5.17. The molecule has 184 valence electrons. The minimum atomic E-state index is -1.18. The summed E-state index contributed by atoms with van der Waals surface area (Å²) in [5.74, 6) is -0.540. The molecule has 0 radical (unpaired) electrons. The van der Waals surface area contributed by atoms with E-state index in [4.69, 9.17) is 23.7 Å². The molecular formula is C25H37NO7. The highest BCUT2D eigenvalue weighted by Crippen LogP contribution is 2.82. The minimum Gasteiger partial charge on any atom is -0.389 e. The number of ether oxygens (including phenoxy) is 5. The molecule has 0 aromatic heterocycles. The highest BCUT2D eigenvalue weighted by Gasteiger charge is 2.97. The van der Waals surface area contributed by atoms with Gasteiger partial charge in [0.05, 0.1) is 35.4 Å². The van der Waals surface area contributed by atoms with Crippen LogP contribution in [0.25, 0.3) is 0 Å². The molecule has 5 saturated carbocycles. The van der Waals surface area contributed by atoms with Gasteiger partial charge in [-0.2, -0.15) is 0 Å². The van der Waals surface area contributed by atoms with Gasteiger partial charge in [-0.3, -0.25) is 9.69 Å². The highest BCUT2D eigenvalue weighted by atomic mass is 16.7. The summed E-state index contributed by atoms with van der Waals surface area (Å²) in [6.45, 7) is 6.07. The number of ketones is 1. The summed E-state index contributed by atoms with van der Waals surface area (Å²) in [5, 5.41) is 13.2. The number of Topliss-reactive ketones (excluding diaryl/α,β-unsaturated/α-hetero) is 1. The number of carbonyl (C=O) groups excluding carboxylic acids is 1. The number of nitrogens with zero attached hydrogens (tertiary/aromatic N) is 1. The molecule has 1 N–H and O–H groups in total. The zero-order valence-corrected chi connectivity index (χ0v) is 20.3. The van der Waals surface area contributed by atoms with Gasteiger partial charge in [0.25, 0.3) is 0 Å². The number of aliphatic hydroxyl groups is 1. The topological polar surface area (TPSA) is 86.7 Å². The Morgan fingerprint density at radius 3 is 2.61 bits per heavy atom. The van der Waals surface area contributed by atoms with E-state index in [0.29, 0.717) is 12.8 Å². The van der Waals surface area contributed by atoms with Crippen LogP contribution in [0, 0.1) is 28.6 Å². The van der Waals surface area contributed by atoms with E-state index in [1.165, 1.54) is 0 Å². The number of hydrogen-bond acceptors (Lipinski definition) is 8. The number of methoxy groups -OCH3 is 3. The predicted molar refractivity (Wildman–Crippen MR) is 115 cm³/mol. The summed E-state index contributed by atoms with van der Waals surface area (Å²) in [6, 6.07) is -0.290. The van der Waals surface area contributed by atoms with Crippen LogP contribution in [-0.4, -0.2) is 98.2 Å². The van der Waals surface area contributed by atoms with E-state index in [1.807, 2.05) is 0 Å². The van der Waals surface area contributed by atoms with Gasteiger partial charge in [-0.25, -0.2) is 0 Å². The lowest BCUT2D eigenvalue weighted by molar-refractivity contribution is -0.332. The number of likely N-dealkylation sites (N-methyl/N-ethyl adjacent to an activating group) is 1. The maximum absolute atomic E-state index is 14.9. The van der Waals surface area contributed by atoms with Gasteiger partial charge in [-0.15, -0.1) is 0 Å². The molecule has 0 amide bonds. The normalized spacial score (nSPS) is 62.6. The van der Waals surface area contributed by atoms with E-state index in [9.17, 15) is 9.90 Å². The second-order valence-corrected chi connectivity index (χ2v) is 12.1. The SMILES string of the molecule is CCN1C[C@]2(C)CC[C@H](OC)[C@]34[C@@H]2C(=O)[C@]2(OCO[C@@]25C[C@H](OC)[C@H]2C[C@]3(O)[C@@H]5[C@H]2OC)[C@@H]14. The summed E-state index contributed by atoms with van der Waals surface area (Å²) >= 11 is 0. The van der Waals surface area contributed by atoms with Crippen molar-refractivity contribution in [1.82, 2.24) is 4.90 Å². The molecule has 0 aromatic rings. The molecule has 8 heteroatoms. The minimum absolute atomic E-state index is 0.0344. The second-order valence-electron chi connectivity index (χ2n) is 12.1. The van der Waals surface area contributed by atoms with E-state index in [-0.39, 0.29) is 60.1 Å². The largest absolute Gasteiger partial charge is 0.389 e. The average molecular weight is 464 g/mol. The van der Waals surface area contributed by atoms with Crippen LogP contribution in [0.4, 0.5) is 0 Å². The lowest BCUT2D eigenvalue weighted by Crippen LogP contribution is -2.85. The molecule has 2 aliphatic heterocycles. The Morgan fingerprint density at radius 2 is 1.94 bits per heavy atom. The molecule has 7 fully saturated rings. The van der Waals surface area contributed by atoms with E-state index in [0.717, 1.165) is 25.9 Å². The van der Waals surface area contributed by atoms with Gasteiger partial charge in [0, 0.05) is 52.0 Å². The molecule has 2 saturated heterocycles. The van der Waals surface area contributed by atoms with Gasteiger partial charge in [-0.05, 0) is 31.2 Å². The first kappa shape index (κ1) is 21.7. The first-order valence-corrected chi connectivity index (χ1v) is 12.6. The molecule has 8 nitrogen and oxygen atoms in total. The molecule has 2 heterocycles. The lowest BCUT2D eigenvalue weighted by atomic mass is 9.41. The monoisotopic (exact) mass is 463 g/mol. The van der Waals surface area contributed by atoms with Gasteiger partial charge in [0.2, 0.25) is 0 Å². The molecule has 5 aliphatic carbocycles. The van der Waals surface area contributed by atoms with E-state index < -0.39 is 22.2 Å². The quantitative estimate of drug-likeness (QED) is 0.661. The van der Waals surface area contributed by atoms with Crippen molar-refractivity contribution in [3.8, 4) is 0 Å². The number of hydrogen-bond donors (Lipinski definition) is 1. The fraction of sp³-hybridized carbons (Fsp3) is 0.960. The number of likely N-dealkylation sites (tertiary alicyclic amines) is 1. The van der Waals surface area contributed by atoms with Crippen LogP contribution >= 0.6 is 0 Å². The van der Waals surface area contributed by atoms with Crippen molar-refractivity contribution in [3.63, 3.8) is 0 Å². The molecule has 7 aliphatic rings. The third-order valence-corrected chi connectivity index (χ3v) is 11.6. The Kier molecular flexibility index (Phi) is 4.07. The van der Waals surface area contributed by atoms with Gasteiger partial charge < -0.3 is 28.8 Å². The fourth-order valence-corrected chi connectivity index (χ4v) is 11.1. The van der Waals surface area contributed by atoms with E-state index >= 15 is 0 Å². The lowest BCUT2D eigenvalue weighted by Gasteiger charge is -2.71. The third kappa shape index (κ3) is 1.81. The van der Waals surface area contributed by atoms with Crippen molar-refractivity contribution in [1.29, 1.82) is 0 Å². The Morgan fingerprint density at radius 1 is 1.15 bits per heavy atom. The Hall–Kier alpha value is -0.610. The summed E-state index contributed by atoms with van der Waals surface area (Å²) < 4.78 is 31.6. The Bertz CT molecular complexity index is 915. The Labute approximate surface area is 195 Å². The van der Waals surface area contributed by atoms with Crippen LogP contribution in [0.3, 0.4) is 0 Å². The van der Waals surface area contributed by atoms with Gasteiger partial charge >= 0.3 is 0 Å². The van der Waals surface area contributed by atoms with Crippen LogP contribution in [-0.2, 0) is 28.5 Å². The maximum atomic E-state index is 14.9. The van der Waals surface area contributed by atoms with Crippen molar-refractivity contribution in [2.75, 3.05) is 41.2 Å². The van der Waals surface area contributed by atoms with Crippen LogP contribution < -0.4 is 0 Å². The standard InChI is InChI=1S/C25H37NO7/c1-6-26-11-21(2)8-7-15(30-4)24-18(21)19(27)25(20(24)26)23(32-12-33-25)10-14(29-3)13-9-22(24,28)17(23)16(13)31-5/h13-18,20,28H,6-12H2,1-5H3/t13-,14+,15+,16+,17+,18-,20+,21+,22+,23-,24-,25+/m1/s1. The summed E-state index contributed by atoms with van der Waals surface area (Å²) in [6.07, 6.45) is 2.13. The van der Waals surface area contributed by atoms with Gasteiger partial charge in [-0.1, -0.05) is 13.8 Å². The van der Waals surface area contributed by atoms with Crippen molar-refractivity contribution in [2.45, 2.75) is 80.7 Å². The summed E-state index contributed by atoms with van der Waals surface area (Å²) in [5.41, 5.74) is -4.31. The van der Waals surface area contributed by atoms with E-state index in [2.05, 4.69) is 18.7 Å². The van der Waals surface area contributed by atoms with Crippen LogP contribution in [0.5, 0.6) is 0 Å². The molecule has 12 atom stereocenters. The van der Waals surface area contributed by atoms with E-state index in [1.54, 1.807) is 21.3 Å². The van der Waals surface area contributed by atoms with Crippen molar-refractivity contribution >= 4 is 5.78 Å². The first-order valence-electron chi connectivity index (χ1n) is 12.6. The Balaban J connectivity index is 1.61. The number of carbonyl (C=O) groups is 1. The van der Waals surface area contributed by atoms with Crippen molar-refractivity contribution in [3.05, 3.63) is 0 Å². The van der Waals surface area contributed by atoms with Crippen LogP contribution in [0.2, 0.25) is 0 Å². The van der Waals surface area contributed by atoms with Gasteiger partial charge in [0.15, 0.2) is 11.4 Å². The number of rotatable bonds is 4. The maximum Gasteiger partial charge on any atom is 0.175 e. The van der Waals surface area contributed by atoms with Crippen molar-refractivity contribution < 1.29 is 33.6 Å². The molecule has 7 bridgehead atoms. The predicted octanol–water partition coefficient (Wildman–Crippen LogP) is 0.987. The smallest absolute Gasteiger partial charge is 0.175 e. The number of piperidine rings is 1. The van der Waals surface area contributed by atoms with Crippen LogP contribution in [0.1, 0.15) is 39.5 Å². The molecule has 0 unspecified atom stereocenters. The molecule has 0 aromatic carbocycles. The highest BCUT2D eigenvalue weighted by molar-refractivity contribution is 5.99.